The Morgan fingerprint density at radius 3 is 2.44 bits per heavy atom. The van der Waals surface area contributed by atoms with E-state index < -0.39 is 17.6 Å². The van der Waals surface area contributed by atoms with Crippen molar-refractivity contribution in [1.82, 2.24) is 0 Å². The van der Waals surface area contributed by atoms with Gasteiger partial charge in [0.2, 0.25) is 0 Å². The van der Waals surface area contributed by atoms with Crippen LogP contribution in [0.3, 0.4) is 0 Å². The molecule has 5 nitrogen and oxygen atoms in total. The van der Waals surface area contributed by atoms with Crippen molar-refractivity contribution < 1.29 is 24.5 Å². The van der Waals surface area contributed by atoms with Crippen molar-refractivity contribution in [1.29, 1.82) is 0 Å². The minimum absolute atomic E-state index is 0.0747. The lowest BCUT2D eigenvalue weighted by Crippen LogP contribution is -2.68. The van der Waals surface area contributed by atoms with Crippen LogP contribution in [-0.2, 0) is 14.3 Å². The van der Waals surface area contributed by atoms with Gasteiger partial charge in [0.05, 0.1) is 17.6 Å². The standard InChI is InChI=1S/C22H32O5/c1-11-13-6-7-14-21(5)9-8-17(27-12(2)23)20(3,4)15(21)10-16(24)22(14,18(11)25)19(13)26/h13-17,19,24,26H,1,6-10H2,2-5H3. The van der Waals surface area contributed by atoms with E-state index in [0.29, 0.717) is 12.0 Å². The maximum Gasteiger partial charge on any atom is 0.302 e. The number of aliphatic hydroxyl groups is 2. The average Bonchev–Trinajstić information content (AvgIpc) is 2.69. The van der Waals surface area contributed by atoms with Crippen LogP contribution < -0.4 is 0 Å². The van der Waals surface area contributed by atoms with Crippen molar-refractivity contribution in [3.8, 4) is 0 Å². The molecule has 1 spiro atoms. The summed E-state index contributed by atoms with van der Waals surface area (Å²) in [6.07, 6.45) is 1.68. The molecule has 2 bridgehead atoms. The van der Waals surface area contributed by atoms with Crippen LogP contribution >= 0.6 is 0 Å². The number of Topliss-reactive ketones (excluding diaryl/α,β-unsaturated/α-hetero) is 1. The number of carbonyl (C=O) groups is 2. The number of hydrogen-bond acceptors (Lipinski definition) is 5. The fraction of sp³-hybridized carbons (Fsp3) is 0.818. The molecule has 2 N–H and O–H groups in total. The number of aliphatic hydroxyl groups excluding tert-OH is 2. The summed E-state index contributed by atoms with van der Waals surface area (Å²) in [5.41, 5.74) is -1.10. The Labute approximate surface area is 161 Å². The molecule has 8 unspecified atom stereocenters. The van der Waals surface area contributed by atoms with Crippen LogP contribution in [0, 0.1) is 34.0 Å². The zero-order valence-corrected chi connectivity index (χ0v) is 16.8. The van der Waals surface area contributed by atoms with Crippen LogP contribution in [0.2, 0.25) is 0 Å². The average molecular weight is 376 g/mol. The highest BCUT2D eigenvalue weighted by Gasteiger charge is 2.74. The van der Waals surface area contributed by atoms with Crippen LogP contribution in [0.5, 0.6) is 0 Å². The fourth-order valence-corrected chi connectivity index (χ4v) is 7.72. The molecule has 8 atom stereocenters. The summed E-state index contributed by atoms with van der Waals surface area (Å²) >= 11 is 0. The number of esters is 1. The monoisotopic (exact) mass is 376 g/mol. The third kappa shape index (κ3) is 2.13. The number of fused-ring (bicyclic) bond motifs is 3. The molecule has 27 heavy (non-hydrogen) atoms. The normalized spacial score (nSPS) is 50.7. The molecule has 0 heterocycles. The summed E-state index contributed by atoms with van der Waals surface area (Å²) in [4.78, 5) is 24.9. The Morgan fingerprint density at radius 1 is 1.15 bits per heavy atom. The molecule has 0 aromatic carbocycles. The Morgan fingerprint density at radius 2 is 1.81 bits per heavy atom. The molecule has 4 rings (SSSR count). The number of ketones is 1. The summed E-state index contributed by atoms with van der Waals surface area (Å²) in [7, 11) is 0. The Bertz CT molecular complexity index is 711. The molecule has 4 aliphatic carbocycles. The van der Waals surface area contributed by atoms with Crippen molar-refractivity contribution in [2.75, 3.05) is 0 Å². The maximum atomic E-state index is 13.3. The molecule has 4 fully saturated rings. The van der Waals surface area contributed by atoms with Gasteiger partial charge in [-0.3, -0.25) is 9.59 Å². The minimum atomic E-state index is -1.10. The zero-order valence-electron chi connectivity index (χ0n) is 16.8. The molecule has 4 saturated carbocycles. The molecule has 4 aliphatic rings. The number of hydrogen-bond donors (Lipinski definition) is 2. The minimum Gasteiger partial charge on any atom is -0.462 e. The van der Waals surface area contributed by atoms with Gasteiger partial charge >= 0.3 is 5.97 Å². The van der Waals surface area contributed by atoms with Gasteiger partial charge in [0.25, 0.3) is 0 Å². The quantitative estimate of drug-likeness (QED) is 0.543. The van der Waals surface area contributed by atoms with Gasteiger partial charge in [0, 0.05) is 18.3 Å². The first kappa shape index (κ1) is 19.1. The van der Waals surface area contributed by atoms with Crippen LogP contribution in [0.1, 0.15) is 59.8 Å². The van der Waals surface area contributed by atoms with Gasteiger partial charge in [-0.1, -0.05) is 27.4 Å². The third-order valence-electron chi connectivity index (χ3n) is 8.93. The van der Waals surface area contributed by atoms with Crippen LogP contribution in [-0.4, -0.2) is 40.3 Å². The Balaban J connectivity index is 1.79. The van der Waals surface area contributed by atoms with Crippen LogP contribution in [0.25, 0.3) is 0 Å². The van der Waals surface area contributed by atoms with Gasteiger partial charge in [-0.25, -0.2) is 0 Å². The first-order chi connectivity index (χ1) is 12.5. The fourth-order valence-electron chi connectivity index (χ4n) is 7.72. The zero-order chi connectivity index (χ0) is 19.9. The van der Waals surface area contributed by atoms with Crippen LogP contribution in [0.4, 0.5) is 0 Å². The first-order valence-electron chi connectivity index (χ1n) is 10.3. The molecule has 5 heteroatoms. The number of ether oxygens (including phenoxy) is 1. The van der Waals surface area contributed by atoms with Gasteiger partial charge < -0.3 is 14.9 Å². The Kier molecular flexibility index (Phi) is 4.01. The van der Waals surface area contributed by atoms with E-state index >= 15 is 0 Å². The van der Waals surface area contributed by atoms with Gasteiger partial charge in [-0.15, -0.1) is 0 Å². The van der Waals surface area contributed by atoms with Gasteiger partial charge in [-0.2, -0.15) is 0 Å². The largest absolute Gasteiger partial charge is 0.462 e. The highest BCUT2D eigenvalue weighted by atomic mass is 16.5. The van der Waals surface area contributed by atoms with E-state index in [9.17, 15) is 19.8 Å². The summed E-state index contributed by atoms with van der Waals surface area (Å²) < 4.78 is 5.64. The number of rotatable bonds is 1. The van der Waals surface area contributed by atoms with E-state index in [1.807, 2.05) is 0 Å². The summed E-state index contributed by atoms with van der Waals surface area (Å²) in [6.45, 7) is 11.9. The molecule has 150 valence electrons. The third-order valence-corrected chi connectivity index (χ3v) is 8.93. The lowest BCUT2D eigenvalue weighted by atomic mass is 9.39. The second-order valence-corrected chi connectivity index (χ2v) is 10.2. The van der Waals surface area contributed by atoms with Gasteiger partial charge in [0.1, 0.15) is 6.10 Å². The maximum absolute atomic E-state index is 13.3. The van der Waals surface area contributed by atoms with Crippen molar-refractivity contribution >= 4 is 11.8 Å². The van der Waals surface area contributed by atoms with E-state index in [1.165, 1.54) is 6.92 Å². The van der Waals surface area contributed by atoms with E-state index in [1.54, 1.807) is 0 Å². The highest BCUT2D eigenvalue weighted by molar-refractivity contribution is 6.04. The summed E-state index contributed by atoms with van der Waals surface area (Å²) in [5, 5.41) is 22.4. The van der Waals surface area contributed by atoms with Gasteiger partial charge in [0.15, 0.2) is 5.78 Å². The van der Waals surface area contributed by atoms with E-state index in [4.69, 9.17) is 4.74 Å². The molecule has 0 saturated heterocycles. The van der Waals surface area contributed by atoms with Crippen LogP contribution in [0.15, 0.2) is 12.2 Å². The predicted molar refractivity (Wildman–Crippen MR) is 99.6 cm³/mol. The molecule has 0 amide bonds. The second kappa shape index (κ2) is 5.66. The molecular weight excluding hydrogens is 344 g/mol. The van der Waals surface area contributed by atoms with E-state index in [-0.39, 0.29) is 46.4 Å². The molecule has 0 aliphatic heterocycles. The molecule has 0 aromatic heterocycles. The summed E-state index contributed by atoms with van der Waals surface area (Å²) in [5.74, 6) is -0.570. The van der Waals surface area contributed by atoms with Gasteiger partial charge in [-0.05, 0) is 54.9 Å². The van der Waals surface area contributed by atoms with E-state index in [0.717, 1.165) is 25.7 Å². The highest BCUT2D eigenvalue weighted by Crippen LogP contribution is 2.71. The summed E-state index contributed by atoms with van der Waals surface area (Å²) in [6, 6.07) is 0. The lowest BCUT2D eigenvalue weighted by Gasteiger charge is -2.66. The molecule has 0 radical (unpaired) electrons. The Hall–Kier alpha value is -1.20. The second-order valence-electron chi connectivity index (χ2n) is 10.2. The lowest BCUT2D eigenvalue weighted by molar-refractivity contribution is -0.242. The number of carbonyl (C=O) groups excluding carboxylic acids is 2. The SMILES string of the molecule is C=C1C(=O)C23C(O)CC4C(C)(C)C(OC(C)=O)CCC4(C)C2CCC1C3O. The van der Waals surface area contributed by atoms with E-state index in [2.05, 4.69) is 27.4 Å². The topological polar surface area (TPSA) is 83.8 Å². The predicted octanol–water partition coefficient (Wildman–Crippen LogP) is 2.64. The van der Waals surface area contributed by atoms with Crippen molar-refractivity contribution in [3.63, 3.8) is 0 Å². The molecule has 0 aromatic rings. The first-order valence-corrected chi connectivity index (χ1v) is 10.3. The van der Waals surface area contributed by atoms with Crippen molar-refractivity contribution in [3.05, 3.63) is 12.2 Å². The molecular formula is C22H32O5. The van der Waals surface area contributed by atoms with Crippen molar-refractivity contribution in [2.45, 2.75) is 78.1 Å². The van der Waals surface area contributed by atoms with Crippen molar-refractivity contribution in [2.24, 2.45) is 34.0 Å². The smallest absolute Gasteiger partial charge is 0.302 e.